The zero-order chi connectivity index (χ0) is 22.6. The molecule has 0 atom stereocenters. The molecule has 1 heteroatoms. The lowest BCUT2D eigenvalue weighted by Gasteiger charge is -2.19. The summed E-state index contributed by atoms with van der Waals surface area (Å²) in [7, 11) is 0.750. The van der Waals surface area contributed by atoms with Gasteiger partial charge in [0.15, 0.2) is 0 Å². The van der Waals surface area contributed by atoms with Crippen LogP contribution in [0.3, 0.4) is 0 Å². The van der Waals surface area contributed by atoms with E-state index in [0.717, 1.165) is 7.11 Å². The molecule has 0 amide bonds. The maximum atomic E-state index is 8.25. The van der Waals surface area contributed by atoms with Crippen LogP contribution in [0.25, 0.3) is 33.4 Å². The van der Waals surface area contributed by atoms with Crippen LogP contribution in [0.2, 0.25) is 0 Å². The van der Waals surface area contributed by atoms with Gasteiger partial charge in [-0.3, -0.25) is 0 Å². The third-order valence-electron chi connectivity index (χ3n) is 6.41. The maximum absolute atomic E-state index is 8.25. The monoisotopic (exact) mass is 425 g/mol. The molecule has 0 unspecified atom stereocenters. The van der Waals surface area contributed by atoms with Crippen molar-refractivity contribution >= 4 is 0 Å². The van der Waals surface area contributed by atoms with Crippen LogP contribution in [0, 0.1) is 0 Å². The van der Waals surface area contributed by atoms with Crippen LogP contribution in [0.1, 0.15) is 22.6 Å². The van der Waals surface area contributed by atoms with E-state index in [4.69, 9.17) is 5.11 Å². The van der Waals surface area contributed by atoms with E-state index in [0.29, 0.717) is 0 Å². The number of benzene rings is 5. The topological polar surface area (TPSA) is 19.9 Å². The summed E-state index contributed by atoms with van der Waals surface area (Å²) in [6.45, 7) is 0. The van der Waals surface area contributed by atoms with E-state index in [2.05, 4.69) is 127 Å². The molecule has 0 saturated carbocycles. The van der Waals surface area contributed by atoms with Gasteiger partial charge in [0.05, 0.1) is 7.11 Å². The Morgan fingerprint density at radius 2 is 0.727 bits per heavy atom. The van der Waals surface area contributed by atoms with E-state index in [1.807, 2.05) is 0 Å². The Bertz CT molecular complexity index is 1320. The Balaban J connectivity index is 0.00000111. The molecule has 1 radical (unpaired) electrons. The van der Waals surface area contributed by atoms with Crippen LogP contribution in [0.5, 0.6) is 0 Å². The fourth-order valence-electron chi connectivity index (χ4n) is 4.98. The molecule has 1 aliphatic rings. The molecule has 0 saturated heterocycles. The van der Waals surface area contributed by atoms with Gasteiger partial charge in [0.1, 0.15) is 0 Å². The first-order valence-corrected chi connectivity index (χ1v) is 11.2. The van der Waals surface area contributed by atoms with Gasteiger partial charge in [0.25, 0.3) is 0 Å². The minimum absolute atomic E-state index is 0.261. The number of hydrogen-bond donors (Lipinski definition) is 0. The molecule has 0 bridgehead atoms. The van der Waals surface area contributed by atoms with Crippen molar-refractivity contribution in [3.63, 3.8) is 0 Å². The SMILES string of the molecule is C[O].c1ccc(-c2ccc(-c3ccccc3C3c4ccccc4-c4ccccc43)cc2)cc1. The number of rotatable bonds is 3. The number of hydrogen-bond acceptors (Lipinski definition) is 0. The third kappa shape index (κ3) is 3.77. The van der Waals surface area contributed by atoms with Crippen molar-refractivity contribution in [2.45, 2.75) is 5.92 Å². The van der Waals surface area contributed by atoms with Gasteiger partial charge >= 0.3 is 0 Å². The molecule has 1 aliphatic carbocycles. The lowest BCUT2D eigenvalue weighted by molar-refractivity contribution is 0.282. The van der Waals surface area contributed by atoms with Crippen molar-refractivity contribution in [1.82, 2.24) is 0 Å². The fraction of sp³-hybridized carbons (Fsp3) is 0.0625. The molecule has 0 N–H and O–H groups in total. The Morgan fingerprint density at radius 1 is 0.364 bits per heavy atom. The highest BCUT2D eigenvalue weighted by Gasteiger charge is 2.30. The minimum Gasteiger partial charge on any atom is -0.240 e. The van der Waals surface area contributed by atoms with E-state index in [9.17, 15) is 0 Å². The van der Waals surface area contributed by atoms with Crippen LogP contribution in [0.15, 0.2) is 127 Å². The summed E-state index contributed by atoms with van der Waals surface area (Å²) in [5.41, 5.74) is 12.0. The van der Waals surface area contributed by atoms with Gasteiger partial charge in [-0.2, -0.15) is 0 Å². The summed E-state index contributed by atoms with van der Waals surface area (Å²) in [5, 5.41) is 8.25. The van der Waals surface area contributed by atoms with Crippen molar-refractivity contribution in [2.75, 3.05) is 7.11 Å². The molecule has 0 spiro atoms. The highest BCUT2D eigenvalue weighted by molar-refractivity contribution is 5.83. The van der Waals surface area contributed by atoms with E-state index in [1.165, 1.54) is 50.1 Å². The predicted octanol–water partition coefficient (Wildman–Crippen LogP) is 8.23. The lowest BCUT2D eigenvalue weighted by Crippen LogP contribution is -2.01. The van der Waals surface area contributed by atoms with E-state index < -0.39 is 0 Å². The van der Waals surface area contributed by atoms with E-state index >= 15 is 0 Å². The standard InChI is InChI=1S/C31H22.CH3O/c1-2-10-22(11-3-1)23-18-20-24(21-19-23)25-12-4-7-15-28(25)31-29-16-8-5-13-26(29)27-14-6-9-17-30(27)31;1-2/h1-21,31H;1H3. The molecule has 33 heavy (non-hydrogen) atoms. The molecule has 1 nitrogen and oxygen atoms in total. The molecular formula is C32H25O. The first-order chi connectivity index (χ1) is 16.4. The summed E-state index contributed by atoms with van der Waals surface area (Å²) in [6.07, 6.45) is 0. The average Bonchev–Trinajstić information content (AvgIpc) is 3.25. The van der Waals surface area contributed by atoms with E-state index in [1.54, 1.807) is 0 Å². The highest BCUT2D eigenvalue weighted by atomic mass is 16.2. The zero-order valence-corrected chi connectivity index (χ0v) is 18.6. The molecular weight excluding hydrogens is 400 g/mol. The first-order valence-electron chi connectivity index (χ1n) is 11.2. The van der Waals surface area contributed by atoms with Gasteiger partial charge in [0.2, 0.25) is 0 Å². The Hall–Kier alpha value is -3.94. The maximum Gasteiger partial charge on any atom is 0.0712 e. The first kappa shape index (κ1) is 20.9. The minimum atomic E-state index is 0.261. The molecule has 0 aromatic heterocycles. The molecule has 0 aliphatic heterocycles. The van der Waals surface area contributed by atoms with Crippen LogP contribution in [-0.2, 0) is 5.11 Å². The van der Waals surface area contributed by atoms with Crippen LogP contribution >= 0.6 is 0 Å². The van der Waals surface area contributed by atoms with Crippen molar-refractivity contribution in [2.24, 2.45) is 0 Å². The van der Waals surface area contributed by atoms with Gasteiger partial charge in [0, 0.05) is 5.92 Å². The molecule has 5 aromatic carbocycles. The summed E-state index contributed by atoms with van der Waals surface area (Å²) >= 11 is 0. The molecule has 0 heterocycles. The van der Waals surface area contributed by atoms with Crippen molar-refractivity contribution in [3.8, 4) is 33.4 Å². The molecule has 6 rings (SSSR count). The largest absolute Gasteiger partial charge is 0.240 e. The van der Waals surface area contributed by atoms with Crippen LogP contribution in [-0.4, -0.2) is 7.11 Å². The summed E-state index contributed by atoms with van der Waals surface area (Å²) in [4.78, 5) is 0. The van der Waals surface area contributed by atoms with E-state index in [-0.39, 0.29) is 5.92 Å². The van der Waals surface area contributed by atoms with Crippen LogP contribution < -0.4 is 0 Å². The predicted molar refractivity (Wildman–Crippen MR) is 137 cm³/mol. The fourth-order valence-corrected chi connectivity index (χ4v) is 4.98. The average molecular weight is 426 g/mol. The Labute approximate surface area is 195 Å². The normalized spacial score (nSPS) is 11.8. The summed E-state index contributed by atoms with van der Waals surface area (Å²) < 4.78 is 0. The van der Waals surface area contributed by atoms with Gasteiger partial charge in [-0.15, -0.1) is 0 Å². The Kier molecular flexibility index (Phi) is 5.89. The van der Waals surface area contributed by atoms with Gasteiger partial charge in [-0.25, -0.2) is 5.11 Å². The second-order valence-electron chi connectivity index (χ2n) is 8.14. The lowest BCUT2D eigenvalue weighted by atomic mass is 9.84. The van der Waals surface area contributed by atoms with Gasteiger partial charge in [-0.1, -0.05) is 127 Å². The zero-order valence-electron chi connectivity index (χ0n) is 18.6. The van der Waals surface area contributed by atoms with Crippen LogP contribution in [0.4, 0.5) is 0 Å². The quantitative estimate of drug-likeness (QED) is 0.272. The Morgan fingerprint density at radius 3 is 1.27 bits per heavy atom. The van der Waals surface area contributed by atoms with Crippen molar-refractivity contribution < 1.29 is 5.11 Å². The second kappa shape index (κ2) is 9.28. The van der Waals surface area contributed by atoms with Gasteiger partial charge in [-0.05, 0) is 50.1 Å². The summed E-state index contributed by atoms with van der Waals surface area (Å²) in [5.74, 6) is 0.261. The molecule has 5 aromatic rings. The van der Waals surface area contributed by atoms with Crippen molar-refractivity contribution in [1.29, 1.82) is 0 Å². The summed E-state index contributed by atoms with van der Waals surface area (Å²) in [6, 6.07) is 46.1. The second-order valence-corrected chi connectivity index (χ2v) is 8.14. The van der Waals surface area contributed by atoms with Crippen molar-refractivity contribution in [3.05, 3.63) is 144 Å². The number of fused-ring (bicyclic) bond motifs is 3. The molecule has 159 valence electrons. The smallest absolute Gasteiger partial charge is 0.0712 e. The van der Waals surface area contributed by atoms with Gasteiger partial charge < -0.3 is 0 Å². The molecule has 0 fully saturated rings. The third-order valence-corrected chi connectivity index (χ3v) is 6.41. The highest BCUT2D eigenvalue weighted by Crippen LogP contribution is 2.49.